The third-order valence-electron chi connectivity index (χ3n) is 3.39. The number of hydrogen-bond acceptors (Lipinski definition) is 2. The molecule has 2 rings (SSSR count). The van der Waals surface area contributed by atoms with E-state index in [2.05, 4.69) is 27.2 Å². The van der Waals surface area contributed by atoms with Gasteiger partial charge in [-0.2, -0.15) is 13.2 Å². The van der Waals surface area contributed by atoms with Crippen molar-refractivity contribution in [2.45, 2.75) is 11.7 Å². The number of terminal acetylenes is 1. The average molecular weight is 384 g/mol. The van der Waals surface area contributed by atoms with E-state index in [1.54, 1.807) is 24.3 Å². The average Bonchev–Trinajstić information content (AvgIpc) is 2.53. The lowest BCUT2D eigenvalue weighted by molar-refractivity contribution is -0.137. The fourth-order valence-corrected chi connectivity index (χ4v) is 2.36. The maximum Gasteiger partial charge on any atom is 0.416 e. The molecule has 2 nitrogen and oxygen atoms in total. The van der Waals surface area contributed by atoms with Crippen LogP contribution in [0.2, 0.25) is 0 Å². The minimum absolute atomic E-state index is 0.382. The number of hydrogen-bond donors (Lipinski definition) is 2. The van der Waals surface area contributed by atoms with Gasteiger partial charge in [0, 0.05) is 10.2 Å². The zero-order chi connectivity index (χ0) is 17.1. The van der Waals surface area contributed by atoms with Crippen LogP contribution in [-0.2, 0) is 11.7 Å². The Morgan fingerprint density at radius 3 is 1.96 bits per heavy atom. The van der Waals surface area contributed by atoms with Gasteiger partial charge in [0.2, 0.25) is 0 Å². The Morgan fingerprint density at radius 1 is 1.00 bits per heavy atom. The van der Waals surface area contributed by atoms with Gasteiger partial charge >= 0.3 is 6.18 Å². The third-order valence-corrected chi connectivity index (χ3v) is 3.92. The van der Waals surface area contributed by atoms with Crippen molar-refractivity contribution in [2.24, 2.45) is 0 Å². The molecular formula is C17H13BrF3NO. The summed E-state index contributed by atoms with van der Waals surface area (Å²) in [4.78, 5) is 0. The summed E-state index contributed by atoms with van der Waals surface area (Å²) in [7, 11) is 0. The van der Waals surface area contributed by atoms with Crippen LogP contribution in [0.5, 0.6) is 0 Å². The van der Waals surface area contributed by atoms with Gasteiger partial charge < -0.3 is 10.4 Å². The van der Waals surface area contributed by atoms with E-state index in [1.807, 2.05) is 0 Å². The summed E-state index contributed by atoms with van der Waals surface area (Å²) in [6.07, 6.45) is 1.17. The second-order valence-corrected chi connectivity index (χ2v) is 5.83. The zero-order valence-electron chi connectivity index (χ0n) is 11.9. The van der Waals surface area contributed by atoms with Crippen molar-refractivity contribution in [3.05, 3.63) is 64.1 Å². The lowest BCUT2D eigenvalue weighted by Crippen LogP contribution is -2.37. The highest BCUT2D eigenvalue weighted by Crippen LogP contribution is 2.32. The summed E-state index contributed by atoms with van der Waals surface area (Å²) >= 11 is 3.31. The molecule has 2 aromatic carbocycles. The van der Waals surface area contributed by atoms with E-state index >= 15 is 0 Å². The molecule has 23 heavy (non-hydrogen) atoms. The van der Waals surface area contributed by atoms with Gasteiger partial charge in [-0.25, -0.2) is 0 Å². The molecule has 0 bridgehead atoms. The van der Waals surface area contributed by atoms with Gasteiger partial charge in [-0.3, -0.25) is 0 Å². The Morgan fingerprint density at radius 2 is 1.52 bits per heavy atom. The molecule has 0 aromatic heterocycles. The monoisotopic (exact) mass is 383 g/mol. The number of aliphatic hydroxyl groups excluding tert-OH is 1. The van der Waals surface area contributed by atoms with Crippen LogP contribution in [0.1, 0.15) is 11.1 Å². The van der Waals surface area contributed by atoms with Crippen LogP contribution in [0, 0.1) is 12.3 Å². The van der Waals surface area contributed by atoms with Crippen LogP contribution < -0.4 is 5.32 Å². The van der Waals surface area contributed by atoms with Gasteiger partial charge in [0.25, 0.3) is 0 Å². The number of rotatable bonds is 4. The molecule has 1 atom stereocenters. The fraction of sp³-hybridized carbons (Fsp3) is 0.176. The van der Waals surface area contributed by atoms with Crippen molar-refractivity contribution in [3.8, 4) is 12.3 Å². The molecule has 0 saturated heterocycles. The molecule has 2 N–H and O–H groups in total. The lowest BCUT2D eigenvalue weighted by Gasteiger charge is -2.29. The molecule has 6 heteroatoms. The first-order valence-corrected chi connectivity index (χ1v) is 7.40. The van der Waals surface area contributed by atoms with Crippen LogP contribution in [-0.4, -0.2) is 11.7 Å². The maximum atomic E-state index is 12.6. The number of aliphatic hydroxyl groups is 1. The molecule has 0 amide bonds. The number of alkyl halides is 3. The second-order valence-electron chi connectivity index (χ2n) is 4.91. The molecule has 0 fully saturated rings. The summed E-state index contributed by atoms with van der Waals surface area (Å²) in [5, 5.41) is 12.7. The van der Waals surface area contributed by atoms with E-state index in [-0.39, 0.29) is 0 Å². The molecule has 0 spiro atoms. The van der Waals surface area contributed by atoms with E-state index < -0.39 is 23.9 Å². The van der Waals surface area contributed by atoms with Gasteiger partial charge in [-0.05, 0) is 42.0 Å². The molecular weight excluding hydrogens is 371 g/mol. The van der Waals surface area contributed by atoms with Gasteiger partial charge in [0.15, 0.2) is 0 Å². The van der Waals surface area contributed by atoms with E-state index in [1.165, 1.54) is 12.1 Å². The van der Waals surface area contributed by atoms with Gasteiger partial charge in [0.1, 0.15) is 5.54 Å². The molecule has 0 aliphatic rings. The van der Waals surface area contributed by atoms with E-state index in [4.69, 9.17) is 6.42 Å². The maximum absolute atomic E-state index is 12.6. The highest BCUT2D eigenvalue weighted by atomic mass is 79.9. The Balaban J connectivity index is 2.33. The predicted octanol–water partition coefficient (Wildman–Crippen LogP) is 4.40. The number of nitrogens with one attached hydrogen (secondary N) is 1. The number of benzene rings is 2. The largest absolute Gasteiger partial charge is 0.416 e. The topological polar surface area (TPSA) is 32.3 Å². The van der Waals surface area contributed by atoms with Gasteiger partial charge in [-0.1, -0.05) is 34.0 Å². The minimum Gasteiger partial charge on any atom is -0.393 e. The minimum atomic E-state index is -4.40. The lowest BCUT2D eigenvalue weighted by atomic mass is 9.91. The van der Waals surface area contributed by atoms with Crippen molar-refractivity contribution in [1.29, 1.82) is 0 Å². The predicted molar refractivity (Wildman–Crippen MR) is 86.8 cm³/mol. The van der Waals surface area contributed by atoms with Crippen molar-refractivity contribution < 1.29 is 18.3 Å². The van der Waals surface area contributed by atoms with Crippen molar-refractivity contribution >= 4 is 21.6 Å². The summed E-state index contributed by atoms with van der Waals surface area (Å²) in [5.41, 5.74) is -0.957. The first kappa shape index (κ1) is 17.4. The van der Waals surface area contributed by atoms with E-state index in [0.29, 0.717) is 11.3 Å². The Labute approximate surface area is 140 Å². The first-order chi connectivity index (χ1) is 10.8. The van der Waals surface area contributed by atoms with Crippen molar-refractivity contribution in [1.82, 2.24) is 0 Å². The molecule has 2 aromatic rings. The number of halogens is 4. The molecule has 120 valence electrons. The standard InChI is InChI=1S/C17H13BrF3NO/c1-2-16(11-23,12-3-7-14(18)8-4-12)22-15-9-5-13(6-10-15)17(19,20)21/h1,3-10,22-23H,11H2/t16-/m0/s1. The van der Waals surface area contributed by atoms with Crippen molar-refractivity contribution in [2.75, 3.05) is 11.9 Å². The van der Waals surface area contributed by atoms with Crippen LogP contribution in [0.15, 0.2) is 53.0 Å². The molecule has 0 aliphatic heterocycles. The molecule has 0 heterocycles. The quantitative estimate of drug-likeness (QED) is 0.766. The van der Waals surface area contributed by atoms with E-state index in [9.17, 15) is 18.3 Å². The summed E-state index contributed by atoms with van der Waals surface area (Å²) in [6, 6.07) is 11.5. The van der Waals surface area contributed by atoms with E-state index in [0.717, 1.165) is 16.6 Å². The first-order valence-electron chi connectivity index (χ1n) is 6.61. The summed E-state index contributed by atoms with van der Waals surface area (Å²) in [6.45, 7) is -0.411. The Kier molecular flexibility index (Phi) is 5.03. The van der Waals surface area contributed by atoms with Gasteiger partial charge in [0.05, 0.1) is 12.2 Å². The summed E-state index contributed by atoms with van der Waals surface area (Å²) in [5.74, 6) is 2.50. The molecule has 0 saturated carbocycles. The van der Waals surface area contributed by atoms with Gasteiger partial charge in [-0.15, -0.1) is 6.42 Å². The number of anilines is 1. The van der Waals surface area contributed by atoms with Crippen molar-refractivity contribution in [3.63, 3.8) is 0 Å². The van der Waals surface area contributed by atoms with Crippen LogP contribution in [0.3, 0.4) is 0 Å². The normalized spacial score (nSPS) is 13.9. The van der Waals surface area contributed by atoms with Crippen LogP contribution in [0.25, 0.3) is 0 Å². The Hall–Kier alpha value is -1.97. The second kappa shape index (κ2) is 6.65. The molecule has 0 unspecified atom stereocenters. The third kappa shape index (κ3) is 3.87. The smallest absolute Gasteiger partial charge is 0.393 e. The zero-order valence-corrected chi connectivity index (χ0v) is 13.4. The SMILES string of the molecule is C#C[C@@](CO)(Nc1ccc(C(F)(F)F)cc1)c1ccc(Br)cc1. The molecule has 0 aliphatic carbocycles. The Bertz CT molecular complexity index is 705. The highest BCUT2D eigenvalue weighted by molar-refractivity contribution is 9.10. The van der Waals surface area contributed by atoms with Crippen LogP contribution in [0.4, 0.5) is 18.9 Å². The highest BCUT2D eigenvalue weighted by Gasteiger charge is 2.32. The summed E-state index contributed by atoms with van der Waals surface area (Å²) < 4.78 is 38.6. The fourth-order valence-electron chi connectivity index (χ4n) is 2.09. The van der Waals surface area contributed by atoms with Crippen LogP contribution >= 0.6 is 15.9 Å². The molecule has 0 radical (unpaired) electrons.